The van der Waals surface area contributed by atoms with Gasteiger partial charge in [0, 0.05) is 117 Å². The monoisotopic (exact) mass is 1020 g/mol. The molecule has 4 aliphatic rings. The minimum absolute atomic E-state index is 0.175. The first-order valence-electron chi connectivity index (χ1n) is 23.2. The average molecular weight is 1020 g/mol. The Bertz CT molecular complexity index is 2000. The molecule has 0 saturated carbocycles. The van der Waals surface area contributed by atoms with Crippen LogP contribution in [0.25, 0.3) is 0 Å². The predicted molar refractivity (Wildman–Crippen MR) is 262 cm³/mol. The number of rotatable bonds is 9. The van der Waals surface area contributed by atoms with Crippen LogP contribution in [0.15, 0.2) is 106 Å². The third-order valence-electron chi connectivity index (χ3n) is 12.9. The number of likely N-dealkylation sites (tertiary alicyclic amines) is 2. The van der Waals surface area contributed by atoms with Crippen molar-refractivity contribution >= 4 is 49.9 Å². The fraction of sp³-hybridized carbons (Fsp3) is 0.520. The number of carbonyl (C=O) groups is 2. The first-order valence-corrected chi connectivity index (χ1v) is 24.8. The highest BCUT2D eigenvalue weighted by molar-refractivity contribution is 9.10. The van der Waals surface area contributed by atoms with E-state index in [2.05, 4.69) is 95.6 Å². The van der Waals surface area contributed by atoms with Crippen molar-refractivity contribution in [2.24, 2.45) is 11.8 Å². The molecule has 0 aliphatic carbocycles. The fourth-order valence-corrected chi connectivity index (χ4v) is 9.82. The summed E-state index contributed by atoms with van der Waals surface area (Å²) in [6.45, 7) is 19.5. The summed E-state index contributed by atoms with van der Waals surface area (Å²) in [5.41, 5.74) is 2.06. The van der Waals surface area contributed by atoms with Gasteiger partial charge in [-0.15, -0.1) is 0 Å². The molecule has 0 spiro atoms. The molecule has 4 atom stereocenters. The van der Waals surface area contributed by atoms with Crippen LogP contribution in [0.3, 0.4) is 0 Å². The number of benzene rings is 2. The van der Waals surface area contributed by atoms with E-state index in [0.717, 1.165) is 113 Å². The molecule has 15 heteroatoms. The van der Waals surface area contributed by atoms with Crippen molar-refractivity contribution in [2.45, 2.75) is 90.8 Å². The Balaban J connectivity index is 0.000000188. The summed E-state index contributed by atoms with van der Waals surface area (Å²) in [4.78, 5) is 44.0. The summed E-state index contributed by atoms with van der Waals surface area (Å²) in [7, 11) is 0. The number of anilines is 1. The molecule has 4 saturated heterocycles. The molecule has 0 bridgehead atoms. The van der Waals surface area contributed by atoms with Gasteiger partial charge in [0.2, 0.25) is 5.95 Å². The second kappa shape index (κ2) is 25.7. The van der Waals surface area contributed by atoms with Gasteiger partial charge in [-0.25, -0.2) is 19.6 Å². The topological polar surface area (TPSA) is 107 Å². The Morgan fingerprint density at radius 3 is 1.48 bits per heavy atom. The van der Waals surface area contributed by atoms with E-state index in [1.165, 1.54) is 12.3 Å². The third kappa shape index (κ3) is 16.0. The minimum atomic E-state index is -0.459. The van der Waals surface area contributed by atoms with E-state index in [9.17, 15) is 14.0 Å². The number of nitrogens with zero attached hydrogens (tertiary/aromatic N) is 7. The van der Waals surface area contributed by atoms with Crippen molar-refractivity contribution in [1.29, 1.82) is 0 Å². The van der Waals surface area contributed by atoms with Gasteiger partial charge in [0.25, 0.3) is 0 Å². The molecule has 352 valence electrons. The first-order chi connectivity index (χ1) is 31.4. The molecule has 2 amide bonds. The second-order valence-corrected chi connectivity index (χ2v) is 19.8. The van der Waals surface area contributed by atoms with Crippen LogP contribution in [-0.4, -0.2) is 131 Å². The summed E-state index contributed by atoms with van der Waals surface area (Å²) < 4.78 is 24.8. The molecule has 12 nitrogen and oxygen atoms in total. The lowest BCUT2D eigenvalue weighted by Gasteiger charge is -2.47. The van der Waals surface area contributed by atoms with E-state index in [-0.39, 0.29) is 12.2 Å². The van der Waals surface area contributed by atoms with E-state index in [1.807, 2.05) is 82.7 Å². The summed E-state index contributed by atoms with van der Waals surface area (Å²) in [6.07, 6.45) is 7.11. The number of halogens is 3. The molecule has 2 aromatic carbocycles. The molecule has 4 fully saturated rings. The molecular weight excluding hydrogens is 955 g/mol. The first kappa shape index (κ1) is 50.3. The van der Waals surface area contributed by atoms with Crippen LogP contribution in [0.2, 0.25) is 0 Å². The zero-order chi connectivity index (χ0) is 46.1. The number of hydrogen-bond acceptors (Lipinski definition) is 10. The van der Waals surface area contributed by atoms with Crippen molar-refractivity contribution in [3.63, 3.8) is 0 Å². The smallest absolute Gasteiger partial charge is 0.410 e. The van der Waals surface area contributed by atoms with Gasteiger partial charge in [0.05, 0.1) is 0 Å². The summed E-state index contributed by atoms with van der Waals surface area (Å²) in [5, 5.41) is 3.49. The molecule has 6 heterocycles. The maximum absolute atomic E-state index is 12.4. The molecule has 1 N–H and O–H groups in total. The van der Waals surface area contributed by atoms with Crippen LogP contribution in [0.5, 0.6) is 0 Å². The number of hydrogen-bond donors (Lipinski definition) is 1. The number of piperazine rings is 2. The van der Waals surface area contributed by atoms with Crippen LogP contribution in [0.1, 0.15) is 64.5 Å². The zero-order valence-corrected chi connectivity index (χ0v) is 41.6. The van der Waals surface area contributed by atoms with Crippen LogP contribution in [0, 0.1) is 17.8 Å². The molecule has 0 radical (unpaired) electrons. The molecule has 4 aromatic rings. The molecule has 8 rings (SSSR count). The normalized spacial score (nSPS) is 22.2. The van der Waals surface area contributed by atoms with Gasteiger partial charge in [-0.2, -0.15) is 4.39 Å². The molecule has 0 unspecified atom stereocenters. The maximum Gasteiger partial charge on any atom is 0.410 e. The number of nitrogens with one attached hydrogen (secondary N) is 1. The number of ether oxygens (including phenoxy) is 2. The van der Waals surface area contributed by atoms with Gasteiger partial charge in [-0.3, -0.25) is 9.80 Å². The van der Waals surface area contributed by atoms with Gasteiger partial charge in [0.1, 0.15) is 19.0 Å². The quantitative estimate of drug-likeness (QED) is 0.163. The van der Waals surface area contributed by atoms with Gasteiger partial charge in [-0.05, 0) is 94.5 Å². The second-order valence-electron chi connectivity index (χ2n) is 17.9. The lowest BCUT2D eigenvalue weighted by Crippen LogP contribution is -2.58. The third-order valence-corrected chi connectivity index (χ3v) is 13.9. The van der Waals surface area contributed by atoms with E-state index in [1.54, 1.807) is 6.07 Å². The van der Waals surface area contributed by atoms with Crippen molar-refractivity contribution in [1.82, 2.24) is 34.9 Å². The van der Waals surface area contributed by atoms with E-state index in [0.29, 0.717) is 53.7 Å². The number of amides is 2. The maximum atomic E-state index is 12.4. The molecule has 2 aromatic heterocycles. The van der Waals surface area contributed by atoms with Gasteiger partial charge in [-0.1, -0.05) is 92.5 Å². The SMILES string of the molecule is C[C@@H]1CN(c2cc(Br)ccn2)C[C@H](C)N1CC1CCN(C(=O)OCc2ccccc2)CC1.C[C@@H]1CNC[C@H](C)N1CC1CCN(C(=O)OCc2ccccc2)CC1.Fc1cc(Br)ccn1. The number of aromatic nitrogens is 2. The Morgan fingerprint density at radius 1 is 0.631 bits per heavy atom. The zero-order valence-electron chi connectivity index (χ0n) is 38.4. The van der Waals surface area contributed by atoms with E-state index < -0.39 is 5.95 Å². The fourth-order valence-electron chi connectivity index (χ4n) is 9.19. The molecule has 65 heavy (non-hydrogen) atoms. The van der Waals surface area contributed by atoms with Crippen molar-refractivity contribution in [2.75, 3.05) is 70.3 Å². The average Bonchev–Trinajstić information content (AvgIpc) is 3.31. The largest absolute Gasteiger partial charge is 0.445 e. The van der Waals surface area contributed by atoms with E-state index in [4.69, 9.17) is 9.47 Å². The number of carbonyl (C=O) groups excluding carboxylic acids is 2. The Kier molecular flexibility index (Phi) is 19.9. The Labute approximate surface area is 402 Å². The van der Waals surface area contributed by atoms with Crippen LogP contribution in [-0.2, 0) is 22.7 Å². The predicted octanol–water partition coefficient (Wildman–Crippen LogP) is 9.49. The van der Waals surface area contributed by atoms with Crippen molar-refractivity contribution in [3.8, 4) is 0 Å². The van der Waals surface area contributed by atoms with Gasteiger partial charge in [0.15, 0.2) is 0 Å². The van der Waals surface area contributed by atoms with Crippen LogP contribution >= 0.6 is 31.9 Å². The minimum Gasteiger partial charge on any atom is -0.445 e. The van der Waals surface area contributed by atoms with Crippen molar-refractivity contribution in [3.05, 3.63) is 123 Å². The number of pyridine rings is 2. The highest BCUT2D eigenvalue weighted by Gasteiger charge is 2.34. The van der Waals surface area contributed by atoms with Gasteiger partial charge < -0.3 is 29.5 Å². The summed E-state index contributed by atoms with van der Waals surface area (Å²) in [6, 6.07) is 28.9. The highest BCUT2D eigenvalue weighted by Crippen LogP contribution is 2.27. The highest BCUT2D eigenvalue weighted by atomic mass is 79.9. The molecular formula is C50H67Br2FN8O4. The lowest BCUT2D eigenvalue weighted by molar-refractivity contribution is 0.0588. The summed E-state index contributed by atoms with van der Waals surface area (Å²) in [5.74, 6) is 1.88. The molecule has 4 aliphatic heterocycles. The van der Waals surface area contributed by atoms with Gasteiger partial charge >= 0.3 is 12.2 Å². The van der Waals surface area contributed by atoms with Crippen molar-refractivity contribution < 1.29 is 23.5 Å². The lowest BCUT2D eigenvalue weighted by atomic mass is 9.94. The van der Waals surface area contributed by atoms with E-state index >= 15 is 0 Å². The van der Waals surface area contributed by atoms with Crippen LogP contribution < -0.4 is 10.2 Å². The summed E-state index contributed by atoms with van der Waals surface area (Å²) >= 11 is 6.64. The standard InChI is InChI=1S/C25H33BrN4O2.C20H31N3O2.C5H3BrFN/c1-19-15-29(24-14-23(26)8-11-27-24)16-20(2)30(19)17-21-9-12-28(13-10-21)25(31)32-18-22-6-4-3-5-7-22;1-16-12-21-13-17(2)23(16)14-18-8-10-22(11-9-18)20(24)25-15-19-6-4-3-5-7-19;6-4-1-2-8-5(7)3-4/h3-8,11,14,19-21H,9-10,12-13,15-18H2,1-2H3;3-7,16-18,21H,8-15H2,1-2H3;1-3H/t19-,20+;16-,17+;. The Hall–Kier alpha value is -4.15. The number of piperidine rings is 2. The van der Waals surface area contributed by atoms with Crippen LogP contribution in [0.4, 0.5) is 19.8 Å². The Morgan fingerprint density at radius 2 is 1.06 bits per heavy atom.